The van der Waals surface area contributed by atoms with Gasteiger partial charge in [-0.2, -0.15) is 0 Å². The molecule has 0 unspecified atom stereocenters. The summed E-state index contributed by atoms with van der Waals surface area (Å²) in [6.45, 7) is 1.73. The Hall–Kier alpha value is -2.28. The molecule has 1 fully saturated rings. The van der Waals surface area contributed by atoms with Gasteiger partial charge in [-0.3, -0.25) is 4.79 Å². The highest BCUT2D eigenvalue weighted by molar-refractivity contribution is 5.95. The minimum Gasteiger partial charge on any atom is -0.462 e. The van der Waals surface area contributed by atoms with Gasteiger partial charge in [0.05, 0.1) is 17.5 Å². The summed E-state index contributed by atoms with van der Waals surface area (Å²) in [6.07, 6.45) is 6.05. The molecule has 1 heterocycles. The summed E-state index contributed by atoms with van der Waals surface area (Å²) < 4.78 is 35.4. The molecule has 3 rings (SSSR count). The fourth-order valence-electron chi connectivity index (χ4n) is 4.11. The highest BCUT2D eigenvalue weighted by atomic mass is 19.1. The number of halogens is 2. The summed E-state index contributed by atoms with van der Waals surface area (Å²) in [7, 11) is 1.53. The molecule has 0 bridgehead atoms. The fourth-order valence-corrected chi connectivity index (χ4v) is 4.11. The number of nitrogens with zero attached hydrogens (tertiary/aromatic N) is 1. The zero-order valence-electron chi connectivity index (χ0n) is 16.3. The van der Waals surface area contributed by atoms with E-state index in [9.17, 15) is 18.4 Å². The molecule has 0 atom stereocenters. The van der Waals surface area contributed by atoms with Gasteiger partial charge in [0.15, 0.2) is 5.82 Å². The molecule has 0 amide bonds. The highest BCUT2D eigenvalue weighted by Crippen LogP contribution is 2.30. The van der Waals surface area contributed by atoms with Crippen LogP contribution in [0.1, 0.15) is 54.9 Å². The normalized spacial score (nSPS) is 19.8. The van der Waals surface area contributed by atoms with E-state index in [-0.39, 0.29) is 34.7 Å². The van der Waals surface area contributed by atoms with Gasteiger partial charge >= 0.3 is 5.97 Å². The van der Waals surface area contributed by atoms with Gasteiger partial charge in [0.2, 0.25) is 5.43 Å². The Bertz CT molecular complexity index is 947. The van der Waals surface area contributed by atoms with Crippen molar-refractivity contribution >= 4 is 16.9 Å². The molecule has 1 aromatic carbocycles. The molecule has 1 aromatic heterocycles. The maximum absolute atomic E-state index is 14.7. The third-order valence-corrected chi connectivity index (χ3v) is 5.64. The number of nitrogens with two attached hydrogens (primary N) is 1. The van der Waals surface area contributed by atoms with Crippen LogP contribution >= 0.6 is 0 Å². The molecule has 152 valence electrons. The van der Waals surface area contributed by atoms with Crippen LogP contribution in [0.5, 0.6) is 0 Å². The van der Waals surface area contributed by atoms with Crippen LogP contribution in [-0.2, 0) is 18.2 Å². The highest BCUT2D eigenvalue weighted by Gasteiger charge is 2.24. The van der Waals surface area contributed by atoms with Crippen LogP contribution in [0.4, 0.5) is 8.78 Å². The second kappa shape index (κ2) is 8.39. The Kier molecular flexibility index (Phi) is 6.13. The summed E-state index contributed by atoms with van der Waals surface area (Å²) in [5.41, 5.74) is 5.20. The number of aromatic nitrogens is 1. The van der Waals surface area contributed by atoms with Crippen LogP contribution in [0.3, 0.4) is 0 Å². The maximum Gasteiger partial charge on any atom is 0.343 e. The molecule has 0 aliphatic heterocycles. The number of hydrogen-bond acceptors (Lipinski definition) is 4. The first kappa shape index (κ1) is 20.5. The number of hydrogen-bond donors (Lipinski definition) is 1. The van der Waals surface area contributed by atoms with Crippen molar-refractivity contribution in [1.82, 2.24) is 4.57 Å². The number of carbonyl (C=O) groups excluding carboxylic acids is 1. The van der Waals surface area contributed by atoms with Gasteiger partial charge in [-0.25, -0.2) is 13.6 Å². The number of aryl methyl sites for hydroxylation is 2. The Morgan fingerprint density at radius 3 is 2.57 bits per heavy atom. The quantitative estimate of drug-likeness (QED) is 0.791. The lowest BCUT2D eigenvalue weighted by atomic mass is 9.82. The van der Waals surface area contributed by atoms with E-state index in [1.807, 2.05) is 0 Å². The van der Waals surface area contributed by atoms with E-state index < -0.39 is 23.0 Å². The zero-order chi connectivity index (χ0) is 20.4. The second-order valence-corrected chi connectivity index (χ2v) is 7.57. The summed E-state index contributed by atoms with van der Waals surface area (Å²) >= 11 is 0. The van der Waals surface area contributed by atoms with E-state index in [2.05, 4.69) is 0 Å². The number of fused-ring (bicyclic) bond motifs is 1. The Labute approximate surface area is 162 Å². The van der Waals surface area contributed by atoms with Crippen LogP contribution < -0.4 is 11.2 Å². The van der Waals surface area contributed by atoms with Crippen molar-refractivity contribution in [1.29, 1.82) is 0 Å². The standard InChI is InChI=1S/C21H26F2N2O3/c1-3-28-21(27)15-11-25(2)19-17(23)10-16(22)14(18(19)20(15)26)9-6-12-4-7-13(24)8-5-12/h10-13H,3-9,24H2,1-2H3. The van der Waals surface area contributed by atoms with Gasteiger partial charge in [-0.05, 0) is 51.4 Å². The van der Waals surface area contributed by atoms with E-state index in [0.717, 1.165) is 31.7 Å². The lowest BCUT2D eigenvalue weighted by Crippen LogP contribution is -2.27. The Morgan fingerprint density at radius 1 is 1.25 bits per heavy atom. The van der Waals surface area contributed by atoms with Crippen molar-refractivity contribution in [2.45, 2.75) is 51.5 Å². The van der Waals surface area contributed by atoms with Gasteiger partial charge in [-0.1, -0.05) is 0 Å². The average molecular weight is 392 g/mol. The predicted molar refractivity (Wildman–Crippen MR) is 103 cm³/mol. The second-order valence-electron chi connectivity index (χ2n) is 7.57. The van der Waals surface area contributed by atoms with Gasteiger partial charge in [0, 0.05) is 30.9 Å². The van der Waals surface area contributed by atoms with Crippen molar-refractivity contribution in [3.8, 4) is 0 Å². The summed E-state index contributed by atoms with van der Waals surface area (Å²) in [5.74, 6) is -1.97. The number of benzene rings is 1. The zero-order valence-corrected chi connectivity index (χ0v) is 16.3. The average Bonchev–Trinajstić information content (AvgIpc) is 2.65. The van der Waals surface area contributed by atoms with Gasteiger partial charge < -0.3 is 15.0 Å². The smallest absolute Gasteiger partial charge is 0.343 e. The maximum atomic E-state index is 14.7. The van der Waals surface area contributed by atoms with E-state index in [4.69, 9.17) is 10.5 Å². The third kappa shape index (κ3) is 3.94. The molecule has 0 radical (unpaired) electrons. The molecule has 0 spiro atoms. The number of rotatable bonds is 5. The first-order chi connectivity index (χ1) is 13.3. The van der Waals surface area contributed by atoms with E-state index in [1.165, 1.54) is 17.8 Å². The topological polar surface area (TPSA) is 74.3 Å². The fraction of sp³-hybridized carbons (Fsp3) is 0.524. The minimum absolute atomic E-state index is 0.000106. The molecule has 2 aromatic rings. The first-order valence-electron chi connectivity index (χ1n) is 9.76. The number of ether oxygens (including phenoxy) is 1. The van der Waals surface area contributed by atoms with E-state index in [1.54, 1.807) is 6.92 Å². The number of carbonyl (C=O) groups is 1. The number of pyridine rings is 1. The molecule has 28 heavy (non-hydrogen) atoms. The van der Waals surface area contributed by atoms with Crippen molar-refractivity contribution in [3.63, 3.8) is 0 Å². The monoisotopic (exact) mass is 392 g/mol. The largest absolute Gasteiger partial charge is 0.462 e. The van der Waals surface area contributed by atoms with Crippen molar-refractivity contribution in [2.24, 2.45) is 18.7 Å². The predicted octanol–water partition coefficient (Wildman–Crippen LogP) is 3.44. The van der Waals surface area contributed by atoms with Gasteiger partial charge in [0.25, 0.3) is 0 Å². The summed E-state index contributed by atoms with van der Waals surface area (Å²) in [5, 5.41) is -0.0712. The molecule has 1 saturated carbocycles. The van der Waals surface area contributed by atoms with E-state index in [0.29, 0.717) is 18.8 Å². The molecule has 1 aliphatic rings. The van der Waals surface area contributed by atoms with Gasteiger partial charge in [0.1, 0.15) is 11.4 Å². The van der Waals surface area contributed by atoms with E-state index >= 15 is 0 Å². The van der Waals surface area contributed by atoms with Crippen molar-refractivity contribution in [3.05, 3.63) is 45.2 Å². The third-order valence-electron chi connectivity index (χ3n) is 5.64. The molecule has 5 nitrogen and oxygen atoms in total. The lowest BCUT2D eigenvalue weighted by Gasteiger charge is -2.26. The number of esters is 1. The van der Waals surface area contributed by atoms with Crippen LogP contribution in [0.25, 0.3) is 10.9 Å². The van der Waals surface area contributed by atoms with Crippen molar-refractivity contribution in [2.75, 3.05) is 6.61 Å². The molecule has 1 aliphatic carbocycles. The Morgan fingerprint density at radius 2 is 1.93 bits per heavy atom. The molecule has 7 heteroatoms. The van der Waals surface area contributed by atoms with Crippen LogP contribution in [-0.4, -0.2) is 23.2 Å². The SMILES string of the molecule is CCOC(=O)c1cn(C)c2c(F)cc(F)c(CCC3CCC(N)CC3)c2c1=O. The minimum atomic E-state index is -0.824. The summed E-state index contributed by atoms with van der Waals surface area (Å²) in [4.78, 5) is 25.1. The molecule has 0 saturated heterocycles. The van der Waals surface area contributed by atoms with Crippen LogP contribution in [0.15, 0.2) is 17.1 Å². The molecular weight excluding hydrogens is 366 g/mol. The van der Waals surface area contributed by atoms with Gasteiger partial charge in [-0.15, -0.1) is 0 Å². The lowest BCUT2D eigenvalue weighted by molar-refractivity contribution is 0.0524. The Balaban J connectivity index is 2.05. The van der Waals surface area contributed by atoms with Crippen molar-refractivity contribution < 1.29 is 18.3 Å². The molecule has 2 N–H and O–H groups in total. The van der Waals surface area contributed by atoms with Crippen LogP contribution in [0, 0.1) is 17.6 Å². The first-order valence-corrected chi connectivity index (χ1v) is 9.76. The van der Waals surface area contributed by atoms with Crippen LogP contribution in [0.2, 0.25) is 0 Å². The molecular formula is C21H26F2N2O3. The summed E-state index contributed by atoms with van der Waals surface area (Å²) in [6, 6.07) is 1.04.